The molecule has 0 aliphatic heterocycles. The van der Waals surface area contributed by atoms with Crippen molar-refractivity contribution < 1.29 is 4.74 Å². The molecular weight excluding hydrogens is 246 g/mol. The van der Waals surface area contributed by atoms with Gasteiger partial charge in [0.1, 0.15) is 5.75 Å². The quantitative estimate of drug-likeness (QED) is 0.683. The first-order valence-electron chi connectivity index (χ1n) is 6.81. The molecular formula is C15H24ClNO. The molecule has 18 heavy (non-hydrogen) atoms. The van der Waals surface area contributed by atoms with Gasteiger partial charge < -0.3 is 10.1 Å². The Hall–Kier alpha value is -0.730. The van der Waals surface area contributed by atoms with Crippen LogP contribution in [0.4, 0.5) is 0 Å². The van der Waals surface area contributed by atoms with Gasteiger partial charge in [-0.2, -0.15) is 0 Å². The molecule has 0 spiro atoms. The van der Waals surface area contributed by atoms with Crippen LogP contribution in [0, 0.1) is 0 Å². The van der Waals surface area contributed by atoms with Crippen LogP contribution in [-0.4, -0.2) is 20.2 Å². The average molecular weight is 270 g/mol. The van der Waals surface area contributed by atoms with Crippen LogP contribution in [0.15, 0.2) is 18.2 Å². The highest BCUT2D eigenvalue weighted by Gasteiger charge is 2.02. The Kier molecular flexibility index (Phi) is 7.86. The van der Waals surface area contributed by atoms with Gasteiger partial charge in [-0.25, -0.2) is 0 Å². The van der Waals surface area contributed by atoms with E-state index in [2.05, 4.69) is 18.3 Å². The van der Waals surface area contributed by atoms with Crippen molar-refractivity contribution in [2.75, 3.05) is 20.2 Å². The highest BCUT2D eigenvalue weighted by atomic mass is 35.5. The lowest BCUT2D eigenvalue weighted by Gasteiger charge is -2.07. The van der Waals surface area contributed by atoms with E-state index in [-0.39, 0.29) is 0 Å². The maximum atomic E-state index is 6.20. The van der Waals surface area contributed by atoms with Gasteiger partial charge in [-0.05, 0) is 50.0 Å². The van der Waals surface area contributed by atoms with Gasteiger partial charge >= 0.3 is 0 Å². The molecule has 0 saturated heterocycles. The molecule has 1 rings (SSSR count). The molecule has 2 nitrogen and oxygen atoms in total. The van der Waals surface area contributed by atoms with E-state index >= 15 is 0 Å². The predicted molar refractivity (Wildman–Crippen MR) is 78.7 cm³/mol. The van der Waals surface area contributed by atoms with Crippen molar-refractivity contribution in [2.24, 2.45) is 0 Å². The van der Waals surface area contributed by atoms with Crippen LogP contribution in [0.2, 0.25) is 5.02 Å². The summed E-state index contributed by atoms with van der Waals surface area (Å²) in [5.41, 5.74) is 1.23. The Balaban J connectivity index is 2.19. The summed E-state index contributed by atoms with van der Waals surface area (Å²) in [6.07, 6.45) is 6.10. The van der Waals surface area contributed by atoms with Crippen LogP contribution in [0.25, 0.3) is 0 Å². The number of ether oxygens (including phenoxy) is 1. The van der Waals surface area contributed by atoms with Crippen LogP contribution in [0.5, 0.6) is 5.75 Å². The summed E-state index contributed by atoms with van der Waals surface area (Å²) in [7, 11) is 1.66. The van der Waals surface area contributed by atoms with Gasteiger partial charge in [-0.15, -0.1) is 0 Å². The normalized spacial score (nSPS) is 10.6. The van der Waals surface area contributed by atoms with Crippen molar-refractivity contribution in [2.45, 2.75) is 39.0 Å². The molecule has 102 valence electrons. The molecule has 1 N–H and O–H groups in total. The molecule has 0 atom stereocenters. The molecule has 0 unspecified atom stereocenters. The third-order valence-electron chi connectivity index (χ3n) is 3.06. The van der Waals surface area contributed by atoms with Crippen molar-refractivity contribution in [1.82, 2.24) is 5.32 Å². The average Bonchev–Trinajstić information content (AvgIpc) is 2.39. The Morgan fingerprint density at radius 2 is 1.94 bits per heavy atom. The second kappa shape index (κ2) is 9.23. The molecule has 1 aromatic rings. The van der Waals surface area contributed by atoms with E-state index in [1.807, 2.05) is 12.1 Å². The van der Waals surface area contributed by atoms with E-state index in [0.29, 0.717) is 0 Å². The zero-order valence-electron chi connectivity index (χ0n) is 11.5. The molecule has 0 bridgehead atoms. The number of unbranched alkanes of at least 4 members (excludes halogenated alkanes) is 3. The highest BCUT2D eigenvalue weighted by Crippen LogP contribution is 2.23. The zero-order valence-corrected chi connectivity index (χ0v) is 12.2. The SMILES string of the molecule is CCNCCCCCCc1ccc(OC)cc1Cl. The summed E-state index contributed by atoms with van der Waals surface area (Å²) in [4.78, 5) is 0. The Labute approximate surface area is 116 Å². The molecule has 0 amide bonds. The maximum absolute atomic E-state index is 6.20. The largest absolute Gasteiger partial charge is 0.497 e. The first kappa shape index (κ1) is 15.3. The van der Waals surface area contributed by atoms with Crippen molar-refractivity contribution in [1.29, 1.82) is 0 Å². The Bertz CT molecular complexity index is 341. The molecule has 1 aromatic carbocycles. The van der Waals surface area contributed by atoms with Crippen molar-refractivity contribution in [3.8, 4) is 5.75 Å². The van der Waals surface area contributed by atoms with Gasteiger partial charge in [-0.3, -0.25) is 0 Å². The maximum Gasteiger partial charge on any atom is 0.120 e. The van der Waals surface area contributed by atoms with E-state index in [4.69, 9.17) is 16.3 Å². The number of methoxy groups -OCH3 is 1. The number of rotatable bonds is 9. The fourth-order valence-electron chi connectivity index (χ4n) is 1.95. The topological polar surface area (TPSA) is 21.3 Å². The van der Waals surface area contributed by atoms with Crippen LogP contribution >= 0.6 is 11.6 Å². The molecule has 0 saturated carbocycles. The molecule has 0 aromatic heterocycles. The molecule has 3 heteroatoms. The van der Waals surface area contributed by atoms with Crippen LogP contribution in [0.3, 0.4) is 0 Å². The molecule has 0 aliphatic carbocycles. The minimum absolute atomic E-state index is 0.821. The van der Waals surface area contributed by atoms with Gasteiger partial charge in [0.15, 0.2) is 0 Å². The van der Waals surface area contributed by atoms with Gasteiger partial charge in [0.05, 0.1) is 7.11 Å². The summed E-state index contributed by atoms with van der Waals surface area (Å²) < 4.78 is 5.14. The summed E-state index contributed by atoms with van der Waals surface area (Å²) in [6, 6.07) is 5.94. The van der Waals surface area contributed by atoms with Crippen LogP contribution in [-0.2, 0) is 6.42 Å². The van der Waals surface area contributed by atoms with E-state index in [1.165, 1.54) is 31.2 Å². The molecule has 0 heterocycles. The first-order chi connectivity index (χ1) is 8.77. The summed E-state index contributed by atoms with van der Waals surface area (Å²) >= 11 is 6.20. The lowest BCUT2D eigenvalue weighted by Crippen LogP contribution is -2.13. The van der Waals surface area contributed by atoms with Gasteiger partial charge in [0.2, 0.25) is 0 Å². The molecule has 0 fully saturated rings. The third kappa shape index (κ3) is 5.74. The number of hydrogen-bond acceptors (Lipinski definition) is 2. The van der Waals surface area contributed by atoms with Gasteiger partial charge in [-0.1, -0.05) is 37.4 Å². The van der Waals surface area contributed by atoms with E-state index in [0.717, 1.165) is 30.3 Å². The Morgan fingerprint density at radius 1 is 1.17 bits per heavy atom. The standard InChI is InChI=1S/C15H24ClNO/c1-3-17-11-7-5-4-6-8-13-9-10-14(18-2)12-15(13)16/h9-10,12,17H,3-8,11H2,1-2H3. The van der Waals surface area contributed by atoms with Crippen molar-refractivity contribution in [3.05, 3.63) is 28.8 Å². The first-order valence-corrected chi connectivity index (χ1v) is 7.19. The van der Waals surface area contributed by atoms with E-state index in [1.54, 1.807) is 7.11 Å². The zero-order chi connectivity index (χ0) is 13.2. The number of benzene rings is 1. The number of nitrogens with one attached hydrogen (secondary N) is 1. The third-order valence-corrected chi connectivity index (χ3v) is 3.41. The predicted octanol–water partition coefficient (Wildman–Crippen LogP) is 4.06. The van der Waals surface area contributed by atoms with E-state index < -0.39 is 0 Å². The minimum atomic E-state index is 0.821. The lowest BCUT2D eigenvalue weighted by atomic mass is 10.1. The summed E-state index contributed by atoms with van der Waals surface area (Å²) in [5.74, 6) is 0.828. The fourth-order valence-corrected chi connectivity index (χ4v) is 2.22. The number of hydrogen-bond donors (Lipinski definition) is 1. The summed E-state index contributed by atoms with van der Waals surface area (Å²) in [5, 5.41) is 4.16. The van der Waals surface area contributed by atoms with E-state index in [9.17, 15) is 0 Å². The van der Waals surface area contributed by atoms with Crippen molar-refractivity contribution >= 4 is 11.6 Å². The minimum Gasteiger partial charge on any atom is -0.497 e. The monoisotopic (exact) mass is 269 g/mol. The number of aryl methyl sites for hydroxylation is 1. The van der Waals surface area contributed by atoms with Crippen LogP contribution < -0.4 is 10.1 Å². The number of halogens is 1. The second-order valence-corrected chi connectivity index (χ2v) is 4.88. The van der Waals surface area contributed by atoms with Gasteiger partial charge in [0, 0.05) is 5.02 Å². The van der Waals surface area contributed by atoms with Crippen LogP contribution in [0.1, 0.15) is 38.2 Å². The summed E-state index contributed by atoms with van der Waals surface area (Å²) in [6.45, 7) is 4.35. The smallest absolute Gasteiger partial charge is 0.120 e. The second-order valence-electron chi connectivity index (χ2n) is 4.48. The van der Waals surface area contributed by atoms with Gasteiger partial charge in [0.25, 0.3) is 0 Å². The fraction of sp³-hybridized carbons (Fsp3) is 0.600. The lowest BCUT2D eigenvalue weighted by molar-refractivity contribution is 0.414. The molecule has 0 aliphatic rings. The Morgan fingerprint density at radius 3 is 2.61 bits per heavy atom. The van der Waals surface area contributed by atoms with Crippen molar-refractivity contribution in [3.63, 3.8) is 0 Å². The highest BCUT2D eigenvalue weighted by molar-refractivity contribution is 6.31. The molecule has 0 radical (unpaired) electrons.